The number of hydrogen-bond acceptors (Lipinski definition) is 4. The summed E-state index contributed by atoms with van der Waals surface area (Å²) >= 11 is 0. The molecule has 3 fully saturated rings. The zero-order chi connectivity index (χ0) is 18.0. The highest BCUT2D eigenvalue weighted by atomic mass is 16.3. The Hall–Kier alpha value is -1.00. The second-order valence-corrected chi connectivity index (χ2v) is 9.41. The highest BCUT2D eigenvalue weighted by Crippen LogP contribution is 2.67. The van der Waals surface area contributed by atoms with Crippen molar-refractivity contribution in [2.24, 2.45) is 28.6 Å². The fraction of sp³-hybridized carbons (Fsp3) is 0.810. The zero-order valence-electron chi connectivity index (χ0n) is 15.4. The molecule has 0 bridgehead atoms. The SMILES string of the molecule is C[C@]12CCC(=O)C=C1CC[C@H]1C3CC[C@](O)(C(=O)CO)[C@@]3(C)CC[C@@H]12. The first-order valence-electron chi connectivity index (χ1n) is 9.87. The molecule has 25 heavy (non-hydrogen) atoms. The molecule has 0 aromatic heterocycles. The van der Waals surface area contributed by atoms with E-state index in [4.69, 9.17) is 0 Å². The number of ketones is 2. The molecule has 0 aromatic rings. The molecule has 4 nitrogen and oxygen atoms in total. The van der Waals surface area contributed by atoms with Gasteiger partial charge in [-0.25, -0.2) is 0 Å². The number of carbonyl (C=O) groups is 2. The second kappa shape index (κ2) is 5.50. The van der Waals surface area contributed by atoms with Gasteiger partial charge in [0.05, 0.1) is 0 Å². The van der Waals surface area contributed by atoms with Crippen LogP contribution in [-0.2, 0) is 9.59 Å². The molecule has 0 spiro atoms. The van der Waals surface area contributed by atoms with E-state index in [-0.39, 0.29) is 11.2 Å². The molecule has 0 radical (unpaired) electrons. The average Bonchev–Trinajstić information content (AvgIpc) is 2.87. The predicted molar refractivity (Wildman–Crippen MR) is 93.8 cm³/mol. The highest BCUT2D eigenvalue weighted by Gasteiger charge is 2.65. The number of carbonyl (C=O) groups excluding carboxylic acids is 2. The van der Waals surface area contributed by atoms with Gasteiger partial charge in [0.1, 0.15) is 12.2 Å². The van der Waals surface area contributed by atoms with Gasteiger partial charge in [-0.05, 0) is 74.2 Å². The van der Waals surface area contributed by atoms with Gasteiger partial charge in [-0.3, -0.25) is 9.59 Å². The highest BCUT2D eigenvalue weighted by molar-refractivity contribution is 5.91. The molecule has 6 atom stereocenters. The van der Waals surface area contributed by atoms with Crippen LogP contribution in [0.2, 0.25) is 0 Å². The minimum atomic E-state index is -1.36. The fourth-order valence-electron chi connectivity index (χ4n) is 7.16. The van der Waals surface area contributed by atoms with Crippen LogP contribution in [-0.4, -0.2) is 34.0 Å². The van der Waals surface area contributed by atoms with Crippen LogP contribution in [0.5, 0.6) is 0 Å². The first kappa shape index (κ1) is 17.4. The van der Waals surface area contributed by atoms with E-state index < -0.39 is 23.4 Å². The molecule has 4 rings (SSSR count). The monoisotopic (exact) mass is 346 g/mol. The third-order valence-electron chi connectivity index (χ3n) is 8.72. The molecule has 0 amide bonds. The summed E-state index contributed by atoms with van der Waals surface area (Å²) in [6, 6.07) is 0. The summed E-state index contributed by atoms with van der Waals surface area (Å²) < 4.78 is 0. The van der Waals surface area contributed by atoms with Crippen molar-refractivity contribution < 1.29 is 19.8 Å². The average molecular weight is 346 g/mol. The molecule has 2 N–H and O–H groups in total. The summed E-state index contributed by atoms with van der Waals surface area (Å²) in [4.78, 5) is 24.2. The van der Waals surface area contributed by atoms with Gasteiger partial charge in [-0.2, -0.15) is 0 Å². The lowest BCUT2D eigenvalue weighted by Gasteiger charge is -2.58. The van der Waals surface area contributed by atoms with Crippen LogP contribution in [0.25, 0.3) is 0 Å². The van der Waals surface area contributed by atoms with Crippen LogP contribution < -0.4 is 0 Å². The number of aliphatic hydroxyl groups is 2. The standard InChI is InChI=1S/C21H30O4/c1-19-8-5-14(23)11-13(19)3-4-15-16(19)6-9-20(2)17(15)7-10-21(20,25)18(24)12-22/h11,15-17,22,25H,3-10,12H2,1-2H3/t15-,16+,17?,19+,20+,21+/m1/s1. The van der Waals surface area contributed by atoms with Crippen molar-refractivity contribution in [3.05, 3.63) is 11.6 Å². The van der Waals surface area contributed by atoms with E-state index in [2.05, 4.69) is 13.8 Å². The number of rotatable bonds is 2. The molecular formula is C21H30O4. The lowest BCUT2D eigenvalue weighted by Crippen LogP contribution is -2.58. The van der Waals surface area contributed by atoms with Crippen LogP contribution in [0.15, 0.2) is 11.6 Å². The third-order valence-corrected chi connectivity index (χ3v) is 8.72. The fourth-order valence-corrected chi connectivity index (χ4v) is 7.16. The number of Topliss-reactive ketones (excluding diaryl/α,β-unsaturated/α-hetero) is 1. The quantitative estimate of drug-likeness (QED) is 0.806. The van der Waals surface area contributed by atoms with Crippen molar-refractivity contribution in [1.82, 2.24) is 0 Å². The maximum absolute atomic E-state index is 12.3. The van der Waals surface area contributed by atoms with Crippen molar-refractivity contribution in [3.8, 4) is 0 Å². The van der Waals surface area contributed by atoms with Gasteiger partial charge >= 0.3 is 0 Å². The summed E-state index contributed by atoms with van der Waals surface area (Å²) in [7, 11) is 0. The van der Waals surface area contributed by atoms with E-state index in [1.165, 1.54) is 5.57 Å². The number of aliphatic hydroxyl groups excluding tert-OH is 1. The van der Waals surface area contributed by atoms with Gasteiger partial charge < -0.3 is 10.2 Å². The minimum absolute atomic E-state index is 0.111. The van der Waals surface area contributed by atoms with Crippen LogP contribution in [0, 0.1) is 28.6 Å². The Morgan fingerprint density at radius 3 is 2.56 bits per heavy atom. The molecule has 1 unspecified atom stereocenters. The molecule has 0 heterocycles. The van der Waals surface area contributed by atoms with Gasteiger partial charge in [0.2, 0.25) is 0 Å². The van der Waals surface area contributed by atoms with Gasteiger partial charge in [-0.15, -0.1) is 0 Å². The van der Waals surface area contributed by atoms with Gasteiger partial charge in [0.15, 0.2) is 11.6 Å². The maximum atomic E-state index is 12.3. The summed E-state index contributed by atoms with van der Waals surface area (Å²) in [5.41, 5.74) is -0.333. The molecule has 0 aliphatic heterocycles. The number of allylic oxidation sites excluding steroid dienone is 1. The van der Waals surface area contributed by atoms with Gasteiger partial charge in [0, 0.05) is 11.8 Å². The van der Waals surface area contributed by atoms with Crippen molar-refractivity contribution in [2.45, 2.75) is 70.8 Å². The van der Waals surface area contributed by atoms with Crippen LogP contribution in [0.1, 0.15) is 65.2 Å². The topological polar surface area (TPSA) is 74.6 Å². The lowest BCUT2D eigenvalue weighted by molar-refractivity contribution is -0.164. The minimum Gasteiger partial charge on any atom is -0.388 e. The Morgan fingerprint density at radius 2 is 1.84 bits per heavy atom. The second-order valence-electron chi connectivity index (χ2n) is 9.41. The molecule has 0 saturated heterocycles. The molecule has 4 aliphatic rings. The first-order valence-corrected chi connectivity index (χ1v) is 9.87. The predicted octanol–water partition coefficient (Wildman–Crippen LogP) is 2.81. The van der Waals surface area contributed by atoms with E-state index in [1.54, 1.807) is 0 Å². The maximum Gasteiger partial charge on any atom is 0.190 e. The molecule has 0 aromatic carbocycles. The van der Waals surface area contributed by atoms with E-state index >= 15 is 0 Å². The third kappa shape index (κ3) is 2.13. The zero-order valence-corrected chi connectivity index (χ0v) is 15.4. The van der Waals surface area contributed by atoms with E-state index in [1.807, 2.05) is 6.08 Å². The Balaban J connectivity index is 1.68. The van der Waals surface area contributed by atoms with Gasteiger partial charge in [-0.1, -0.05) is 19.4 Å². The van der Waals surface area contributed by atoms with Crippen molar-refractivity contribution in [1.29, 1.82) is 0 Å². The van der Waals surface area contributed by atoms with E-state index in [0.29, 0.717) is 30.6 Å². The summed E-state index contributed by atoms with van der Waals surface area (Å²) in [5, 5.41) is 20.5. The van der Waals surface area contributed by atoms with E-state index in [9.17, 15) is 19.8 Å². The Bertz CT molecular complexity index is 652. The summed E-state index contributed by atoms with van der Waals surface area (Å²) in [6.45, 7) is 3.84. The van der Waals surface area contributed by atoms with Crippen LogP contribution in [0.3, 0.4) is 0 Å². The first-order chi connectivity index (χ1) is 11.8. The Kier molecular flexibility index (Phi) is 3.83. The lowest BCUT2D eigenvalue weighted by atomic mass is 9.46. The largest absolute Gasteiger partial charge is 0.388 e. The molecule has 3 saturated carbocycles. The van der Waals surface area contributed by atoms with E-state index in [0.717, 1.165) is 38.5 Å². The molecule has 4 heteroatoms. The number of fused-ring (bicyclic) bond motifs is 5. The Labute approximate surface area is 149 Å². The van der Waals surface area contributed by atoms with Gasteiger partial charge in [0.25, 0.3) is 0 Å². The molecule has 138 valence electrons. The van der Waals surface area contributed by atoms with Crippen LogP contribution in [0.4, 0.5) is 0 Å². The summed E-state index contributed by atoms with van der Waals surface area (Å²) in [6.07, 6.45) is 8.72. The van der Waals surface area contributed by atoms with Crippen molar-refractivity contribution in [3.63, 3.8) is 0 Å². The van der Waals surface area contributed by atoms with Crippen LogP contribution >= 0.6 is 0 Å². The van der Waals surface area contributed by atoms with Crippen molar-refractivity contribution in [2.75, 3.05) is 6.61 Å². The smallest absolute Gasteiger partial charge is 0.190 e. The Morgan fingerprint density at radius 1 is 1.12 bits per heavy atom. The summed E-state index contributed by atoms with van der Waals surface area (Å²) in [5.74, 6) is 1.26. The normalized spacial score (nSPS) is 49.0. The number of hydrogen-bond donors (Lipinski definition) is 2. The molecular weight excluding hydrogens is 316 g/mol. The molecule has 4 aliphatic carbocycles. The van der Waals surface area contributed by atoms with Crippen molar-refractivity contribution >= 4 is 11.6 Å².